The minimum atomic E-state index is -1.01. The van der Waals surface area contributed by atoms with Crippen LogP contribution < -0.4 is 5.32 Å². The molecule has 0 saturated carbocycles. The molecule has 1 fully saturated rings. The predicted octanol–water partition coefficient (Wildman–Crippen LogP) is 0.412. The standard InChI is InChI=1S/C12H21N3O4S/c1-4-5-14(6-10(16)13-3)12(19)15-8(2)20-7-9(15)11(17)18/h8-9H,4-7H2,1-3H3,(H,13,16)(H,17,18). The molecule has 0 aromatic carbocycles. The quantitative estimate of drug-likeness (QED) is 0.768. The molecule has 8 heteroatoms. The van der Waals surface area contributed by atoms with Crippen molar-refractivity contribution in [1.82, 2.24) is 15.1 Å². The molecule has 2 atom stereocenters. The van der Waals surface area contributed by atoms with Crippen molar-refractivity contribution in [1.29, 1.82) is 0 Å². The fourth-order valence-electron chi connectivity index (χ4n) is 2.05. The third kappa shape index (κ3) is 3.78. The summed E-state index contributed by atoms with van der Waals surface area (Å²) in [4.78, 5) is 37.9. The van der Waals surface area contributed by atoms with E-state index in [-0.39, 0.29) is 23.9 Å². The Morgan fingerprint density at radius 3 is 2.60 bits per heavy atom. The van der Waals surface area contributed by atoms with E-state index in [1.165, 1.54) is 28.6 Å². The van der Waals surface area contributed by atoms with Gasteiger partial charge in [-0.2, -0.15) is 0 Å². The molecule has 3 amide bonds. The summed E-state index contributed by atoms with van der Waals surface area (Å²) in [5.41, 5.74) is 0. The molecule has 0 bridgehead atoms. The largest absolute Gasteiger partial charge is 0.480 e. The lowest BCUT2D eigenvalue weighted by atomic mass is 10.3. The van der Waals surface area contributed by atoms with E-state index in [1.54, 1.807) is 6.92 Å². The fourth-order valence-corrected chi connectivity index (χ4v) is 3.21. The van der Waals surface area contributed by atoms with E-state index in [1.807, 2.05) is 6.92 Å². The highest BCUT2D eigenvalue weighted by molar-refractivity contribution is 8.00. The number of likely N-dealkylation sites (N-methyl/N-ethyl adjacent to an activating group) is 1. The normalized spacial score (nSPS) is 21.6. The van der Waals surface area contributed by atoms with E-state index in [4.69, 9.17) is 0 Å². The highest BCUT2D eigenvalue weighted by Gasteiger charge is 2.41. The lowest BCUT2D eigenvalue weighted by Gasteiger charge is -2.31. The van der Waals surface area contributed by atoms with Crippen LogP contribution in [-0.2, 0) is 9.59 Å². The number of nitrogens with one attached hydrogen (secondary N) is 1. The topological polar surface area (TPSA) is 90.0 Å². The molecule has 1 aliphatic heterocycles. The number of carbonyl (C=O) groups is 3. The summed E-state index contributed by atoms with van der Waals surface area (Å²) in [6.07, 6.45) is 0.704. The molecule has 20 heavy (non-hydrogen) atoms. The van der Waals surface area contributed by atoms with Crippen molar-refractivity contribution in [3.05, 3.63) is 0 Å². The van der Waals surface area contributed by atoms with Crippen molar-refractivity contribution in [2.24, 2.45) is 0 Å². The van der Waals surface area contributed by atoms with Crippen molar-refractivity contribution in [2.45, 2.75) is 31.7 Å². The van der Waals surface area contributed by atoms with Gasteiger partial charge in [-0.25, -0.2) is 9.59 Å². The molecule has 1 saturated heterocycles. The molecule has 0 aromatic heterocycles. The van der Waals surface area contributed by atoms with Gasteiger partial charge in [0.15, 0.2) is 0 Å². The van der Waals surface area contributed by atoms with Crippen LogP contribution in [0.3, 0.4) is 0 Å². The zero-order chi connectivity index (χ0) is 15.3. The van der Waals surface area contributed by atoms with Gasteiger partial charge in [0.25, 0.3) is 0 Å². The van der Waals surface area contributed by atoms with Gasteiger partial charge in [0, 0.05) is 19.3 Å². The maximum atomic E-state index is 12.5. The Balaban J connectivity index is 2.86. The lowest BCUT2D eigenvalue weighted by molar-refractivity contribution is -0.141. The molecule has 2 unspecified atom stereocenters. The van der Waals surface area contributed by atoms with E-state index >= 15 is 0 Å². The number of hydrogen-bond donors (Lipinski definition) is 2. The minimum absolute atomic E-state index is 0.0522. The summed E-state index contributed by atoms with van der Waals surface area (Å²) in [5, 5.41) is 11.5. The Bertz CT molecular complexity index is 391. The van der Waals surface area contributed by atoms with E-state index in [0.29, 0.717) is 18.7 Å². The highest BCUT2D eigenvalue weighted by Crippen LogP contribution is 2.29. The number of aliphatic carboxylic acids is 1. The van der Waals surface area contributed by atoms with Crippen LogP contribution in [0.2, 0.25) is 0 Å². The molecule has 1 heterocycles. The second-order valence-electron chi connectivity index (χ2n) is 4.57. The second kappa shape index (κ2) is 7.37. The number of amides is 3. The Morgan fingerprint density at radius 1 is 1.45 bits per heavy atom. The summed E-state index contributed by atoms with van der Waals surface area (Å²) in [6, 6.07) is -1.22. The second-order valence-corrected chi connectivity index (χ2v) is 5.92. The van der Waals surface area contributed by atoms with Crippen LogP contribution in [0, 0.1) is 0 Å². The van der Waals surface area contributed by atoms with Gasteiger partial charge in [0.05, 0.1) is 5.37 Å². The first-order valence-electron chi connectivity index (χ1n) is 6.54. The van der Waals surface area contributed by atoms with Gasteiger partial charge in [0.2, 0.25) is 5.91 Å². The highest BCUT2D eigenvalue weighted by atomic mass is 32.2. The van der Waals surface area contributed by atoms with E-state index in [2.05, 4.69) is 5.32 Å². The van der Waals surface area contributed by atoms with E-state index in [0.717, 1.165) is 0 Å². The van der Waals surface area contributed by atoms with Gasteiger partial charge in [-0.15, -0.1) is 11.8 Å². The minimum Gasteiger partial charge on any atom is -0.480 e. The monoisotopic (exact) mass is 303 g/mol. The maximum absolute atomic E-state index is 12.5. The van der Waals surface area contributed by atoms with Gasteiger partial charge in [-0.05, 0) is 13.3 Å². The Morgan fingerprint density at radius 2 is 2.10 bits per heavy atom. The molecule has 0 aliphatic carbocycles. The summed E-state index contributed by atoms with van der Waals surface area (Å²) >= 11 is 1.43. The average Bonchev–Trinajstić information content (AvgIpc) is 2.79. The molecule has 1 rings (SSSR count). The maximum Gasteiger partial charge on any atom is 0.327 e. The van der Waals surface area contributed by atoms with E-state index < -0.39 is 12.0 Å². The van der Waals surface area contributed by atoms with Crippen LogP contribution in [-0.4, -0.2) is 70.1 Å². The molecule has 0 aromatic rings. The summed E-state index contributed by atoms with van der Waals surface area (Å²) < 4.78 is 0. The third-order valence-corrected chi connectivity index (χ3v) is 4.32. The summed E-state index contributed by atoms with van der Waals surface area (Å²) in [5.74, 6) is -0.896. The average molecular weight is 303 g/mol. The predicted molar refractivity (Wildman–Crippen MR) is 76.5 cm³/mol. The zero-order valence-electron chi connectivity index (χ0n) is 12.0. The lowest BCUT2D eigenvalue weighted by Crippen LogP contribution is -2.53. The number of nitrogens with zero attached hydrogens (tertiary/aromatic N) is 2. The third-order valence-electron chi connectivity index (χ3n) is 3.11. The first-order valence-corrected chi connectivity index (χ1v) is 7.59. The van der Waals surface area contributed by atoms with Crippen LogP contribution in [0.1, 0.15) is 20.3 Å². The summed E-state index contributed by atoms with van der Waals surface area (Å²) in [6.45, 7) is 4.08. The fraction of sp³-hybridized carbons (Fsp3) is 0.750. The van der Waals surface area contributed by atoms with Crippen LogP contribution >= 0.6 is 11.8 Å². The Kier molecular flexibility index (Phi) is 6.12. The molecule has 1 aliphatic rings. The number of carboxylic acids is 1. The van der Waals surface area contributed by atoms with Gasteiger partial charge in [0.1, 0.15) is 12.6 Å². The van der Waals surface area contributed by atoms with Crippen LogP contribution in [0.25, 0.3) is 0 Å². The Labute approximate surface area is 122 Å². The number of carbonyl (C=O) groups excluding carboxylic acids is 2. The van der Waals surface area contributed by atoms with Crippen LogP contribution in [0.4, 0.5) is 4.79 Å². The van der Waals surface area contributed by atoms with Crippen LogP contribution in [0.5, 0.6) is 0 Å². The SMILES string of the molecule is CCCN(CC(=O)NC)C(=O)N1C(C)SCC1C(=O)O. The Hall–Kier alpha value is -1.44. The van der Waals surface area contributed by atoms with E-state index in [9.17, 15) is 19.5 Å². The number of urea groups is 1. The summed E-state index contributed by atoms with van der Waals surface area (Å²) in [7, 11) is 1.51. The van der Waals surface area contributed by atoms with Crippen molar-refractivity contribution in [2.75, 3.05) is 25.9 Å². The van der Waals surface area contributed by atoms with Gasteiger partial charge >= 0.3 is 12.0 Å². The number of thioether (sulfide) groups is 1. The van der Waals surface area contributed by atoms with Crippen molar-refractivity contribution in [3.63, 3.8) is 0 Å². The van der Waals surface area contributed by atoms with Crippen molar-refractivity contribution < 1.29 is 19.5 Å². The first-order chi connectivity index (χ1) is 9.42. The van der Waals surface area contributed by atoms with Gasteiger partial charge < -0.3 is 15.3 Å². The first kappa shape index (κ1) is 16.6. The van der Waals surface area contributed by atoms with Gasteiger partial charge in [-0.1, -0.05) is 6.92 Å². The van der Waals surface area contributed by atoms with Gasteiger partial charge in [-0.3, -0.25) is 9.69 Å². The molecule has 2 N–H and O–H groups in total. The number of carboxylic acid groups (broad SMARTS) is 1. The van der Waals surface area contributed by atoms with Crippen LogP contribution in [0.15, 0.2) is 0 Å². The molecule has 0 spiro atoms. The molecule has 0 radical (unpaired) electrons. The molecule has 114 valence electrons. The molecule has 7 nitrogen and oxygen atoms in total. The zero-order valence-corrected chi connectivity index (χ0v) is 12.8. The molecular formula is C12H21N3O4S. The van der Waals surface area contributed by atoms with Crippen molar-refractivity contribution in [3.8, 4) is 0 Å². The molecular weight excluding hydrogens is 282 g/mol. The number of hydrogen-bond acceptors (Lipinski definition) is 4. The number of rotatable bonds is 5. The van der Waals surface area contributed by atoms with Crippen molar-refractivity contribution >= 4 is 29.7 Å². The smallest absolute Gasteiger partial charge is 0.327 e.